The summed E-state index contributed by atoms with van der Waals surface area (Å²) >= 11 is 1.15. The second-order valence-corrected chi connectivity index (χ2v) is 3.74. The molecular weight excluding hydrogens is 190 g/mol. The quantitative estimate of drug-likeness (QED) is 0.658. The van der Waals surface area contributed by atoms with Crippen LogP contribution in [0.4, 0.5) is 0 Å². The lowest BCUT2D eigenvalue weighted by Crippen LogP contribution is -2.29. The number of carbonyl (C=O) groups is 3. The topological polar surface area (TPSA) is 63.2 Å². The molecule has 1 aliphatic heterocycles. The Morgan fingerprint density at radius 2 is 2.31 bits per heavy atom. The highest BCUT2D eigenvalue weighted by Gasteiger charge is 2.29. The van der Waals surface area contributed by atoms with Gasteiger partial charge < -0.3 is 5.32 Å². The molecule has 0 bridgehead atoms. The van der Waals surface area contributed by atoms with E-state index in [1.165, 1.54) is 0 Å². The molecule has 1 heterocycles. The van der Waals surface area contributed by atoms with Crippen molar-refractivity contribution in [3.8, 4) is 0 Å². The van der Waals surface area contributed by atoms with Crippen LogP contribution in [0.25, 0.3) is 0 Å². The van der Waals surface area contributed by atoms with Gasteiger partial charge in [-0.25, -0.2) is 0 Å². The Labute approximate surface area is 80.4 Å². The maximum atomic E-state index is 11.1. The van der Waals surface area contributed by atoms with Crippen molar-refractivity contribution in [1.29, 1.82) is 0 Å². The molecule has 0 aliphatic carbocycles. The Hall–Kier alpha value is -0.840. The molecule has 0 aromatic carbocycles. The molecular formula is C8H11NO3S. The first kappa shape index (κ1) is 10.2. The number of nitrogens with one attached hydrogen (secondary N) is 1. The summed E-state index contributed by atoms with van der Waals surface area (Å²) in [6, 6.07) is -0.427. The summed E-state index contributed by atoms with van der Waals surface area (Å²) in [4.78, 5) is 32.7. The van der Waals surface area contributed by atoms with Gasteiger partial charge in [0.05, 0.1) is 12.5 Å². The standard InChI is InChI=1S/C8H11NO3S/c1-13-8(12)3-2-5-6(10)4-7(11)9-5/h5H,2-4H2,1H3,(H,9,11). The van der Waals surface area contributed by atoms with Gasteiger partial charge in [0.1, 0.15) is 0 Å². The smallest absolute Gasteiger partial charge is 0.228 e. The molecule has 1 rings (SSSR count). The van der Waals surface area contributed by atoms with Crippen molar-refractivity contribution in [3.63, 3.8) is 0 Å². The molecule has 0 saturated carbocycles. The zero-order chi connectivity index (χ0) is 9.84. The van der Waals surface area contributed by atoms with Gasteiger partial charge in [-0.05, 0) is 12.7 Å². The Balaban J connectivity index is 2.33. The molecule has 0 aromatic heterocycles. The number of amides is 1. The van der Waals surface area contributed by atoms with Gasteiger partial charge in [0.25, 0.3) is 0 Å². The summed E-state index contributed by atoms with van der Waals surface area (Å²) in [5.74, 6) is -0.328. The predicted molar refractivity (Wildman–Crippen MR) is 49.3 cm³/mol. The average molecular weight is 201 g/mol. The van der Waals surface area contributed by atoms with Crippen LogP contribution >= 0.6 is 11.8 Å². The van der Waals surface area contributed by atoms with Gasteiger partial charge in [0.2, 0.25) is 5.91 Å². The zero-order valence-corrected chi connectivity index (χ0v) is 8.15. The van der Waals surface area contributed by atoms with Crippen LogP contribution in [-0.2, 0) is 14.4 Å². The van der Waals surface area contributed by atoms with E-state index in [9.17, 15) is 14.4 Å². The fourth-order valence-corrected chi connectivity index (χ4v) is 1.53. The van der Waals surface area contributed by atoms with E-state index in [0.29, 0.717) is 12.8 Å². The Morgan fingerprint density at radius 1 is 1.62 bits per heavy atom. The third-order valence-electron chi connectivity index (χ3n) is 1.92. The van der Waals surface area contributed by atoms with Crippen molar-refractivity contribution >= 4 is 28.6 Å². The van der Waals surface area contributed by atoms with Crippen molar-refractivity contribution in [2.45, 2.75) is 25.3 Å². The van der Waals surface area contributed by atoms with Crippen LogP contribution in [0.1, 0.15) is 19.3 Å². The van der Waals surface area contributed by atoms with E-state index in [-0.39, 0.29) is 23.2 Å². The van der Waals surface area contributed by atoms with Gasteiger partial charge in [-0.3, -0.25) is 14.4 Å². The maximum Gasteiger partial charge on any atom is 0.228 e. The van der Waals surface area contributed by atoms with E-state index in [0.717, 1.165) is 11.8 Å². The first-order chi connectivity index (χ1) is 6.13. The molecule has 1 aliphatic rings. The molecule has 1 saturated heterocycles. The van der Waals surface area contributed by atoms with Crippen molar-refractivity contribution in [3.05, 3.63) is 0 Å². The second-order valence-electron chi connectivity index (χ2n) is 2.88. The number of hydrogen-bond donors (Lipinski definition) is 1. The lowest BCUT2D eigenvalue weighted by atomic mass is 10.1. The van der Waals surface area contributed by atoms with Gasteiger partial charge in [0, 0.05) is 6.42 Å². The normalized spacial score (nSPS) is 21.8. The molecule has 1 N–H and O–H groups in total. The van der Waals surface area contributed by atoms with Gasteiger partial charge in [-0.2, -0.15) is 0 Å². The third-order valence-corrected chi connectivity index (χ3v) is 2.58. The van der Waals surface area contributed by atoms with E-state index >= 15 is 0 Å². The minimum Gasteiger partial charge on any atom is -0.346 e. The largest absolute Gasteiger partial charge is 0.346 e. The summed E-state index contributed by atoms with van der Waals surface area (Å²) in [6.07, 6.45) is 2.46. The monoisotopic (exact) mass is 201 g/mol. The minimum atomic E-state index is -0.427. The van der Waals surface area contributed by atoms with Crippen LogP contribution < -0.4 is 5.32 Å². The van der Waals surface area contributed by atoms with E-state index < -0.39 is 6.04 Å². The third kappa shape index (κ3) is 2.84. The summed E-state index contributed by atoms with van der Waals surface area (Å²) in [7, 11) is 0. The van der Waals surface area contributed by atoms with Crippen molar-refractivity contribution in [2.75, 3.05) is 6.26 Å². The number of rotatable bonds is 3. The first-order valence-corrected chi connectivity index (χ1v) is 5.25. The van der Waals surface area contributed by atoms with Crippen molar-refractivity contribution in [1.82, 2.24) is 5.32 Å². The van der Waals surface area contributed by atoms with Crippen LogP contribution in [0.15, 0.2) is 0 Å². The fraction of sp³-hybridized carbons (Fsp3) is 0.625. The minimum absolute atomic E-state index is 0.0296. The highest BCUT2D eigenvalue weighted by molar-refractivity contribution is 8.13. The molecule has 4 nitrogen and oxygen atoms in total. The zero-order valence-electron chi connectivity index (χ0n) is 7.33. The van der Waals surface area contributed by atoms with Crippen LogP contribution in [0, 0.1) is 0 Å². The molecule has 1 amide bonds. The predicted octanol–water partition coefficient (Wildman–Crippen LogP) is 0.114. The first-order valence-electron chi connectivity index (χ1n) is 4.02. The number of hydrogen-bond acceptors (Lipinski definition) is 4. The van der Waals surface area contributed by atoms with Gasteiger partial charge in [0.15, 0.2) is 10.9 Å². The summed E-state index contributed by atoms with van der Waals surface area (Å²) in [5.41, 5.74) is 0. The highest BCUT2D eigenvalue weighted by Crippen LogP contribution is 2.11. The average Bonchev–Trinajstić information content (AvgIpc) is 2.41. The second kappa shape index (κ2) is 4.41. The van der Waals surface area contributed by atoms with Crippen LogP contribution in [-0.4, -0.2) is 29.1 Å². The molecule has 1 atom stereocenters. The molecule has 1 fully saturated rings. The van der Waals surface area contributed by atoms with E-state index in [1.807, 2.05) is 0 Å². The number of Topliss-reactive ketones (excluding diaryl/α,β-unsaturated/α-hetero) is 1. The molecule has 1 unspecified atom stereocenters. The Morgan fingerprint density at radius 3 is 2.77 bits per heavy atom. The van der Waals surface area contributed by atoms with Crippen LogP contribution in [0.3, 0.4) is 0 Å². The number of thioether (sulfide) groups is 1. The number of ketones is 1. The van der Waals surface area contributed by atoms with E-state index in [2.05, 4.69) is 5.32 Å². The molecule has 0 radical (unpaired) electrons. The maximum absolute atomic E-state index is 11.1. The highest BCUT2D eigenvalue weighted by atomic mass is 32.2. The van der Waals surface area contributed by atoms with Gasteiger partial charge >= 0.3 is 0 Å². The molecule has 0 aromatic rings. The molecule has 13 heavy (non-hydrogen) atoms. The SMILES string of the molecule is CSC(=O)CCC1NC(=O)CC1=O. The molecule has 0 spiro atoms. The summed E-state index contributed by atoms with van der Waals surface area (Å²) in [5, 5.41) is 2.58. The summed E-state index contributed by atoms with van der Waals surface area (Å²) < 4.78 is 0. The van der Waals surface area contributed by atoms with E-state index in [4.69, 9.17) is 0 Å². The number of carbonyl (C=O) groups excluding carboxylic acids is 3. The lowest BCUT2D eigenvalue weighted by Gasteiger charge is -2.05. The molecule has 72 valence electrons. The van der Waals surface area contributed by atoms with Crippen molar-refractivity contribution < 1.29 is 14.4 Å². The van der Waals surface area contributed by atoms with Gasteiger partial charge in [-0.15, -0.1) is 0 Å². The van der Waals surface area contributed by atoms with Gasteiger partial charge in [-0.1, -0.05) is 11.8 Å². The lowest BCUT2D eigenvalue weighted by molar-refractivity contribution is -0.122. The van der Waals surface area contributed by atoms with Crippen LogP contribution in [0.5, 0.6) is 0 Å². The summed E-state index contributed by atoms with van der Waals surface area (Å²) in [6.45, 7) is 0. The van der Waals surface area contributed by atoms with Crippen molar-refractivity contribution in [2.24, 2.45) is 0 Å². The van der Waals surface area contributed by atoms with Crippen LogP contribution in [0.2, 0.25) is 0 Å². The molecule has 5 heteroatoms. The Bertz CT molecular complexity index is 252. The van der Waals surface area contributed by atoms with E-state index in [1.54, 1.807) is 6.26 Å². The Kier molecular flexibility index (Phi) is 3.48. The fourth-order valence-electron chi connectivity index (χ4n) is 1.20.